The third kappa shape index (κ3) is 8.45. The van der Waals surface area contributed by atoms with Crippen molar-refractivity contribution < 1.29 is 0 Å². The van der Waals surface area contributed by atoms with E-state index in [0.29, 0.717) is 0 Å². The molecule has 0 aliphatic carbocycles. The van der Waals surface area contributed by atoms with Crippen LogP contribution in [0.4, 0.5) is 0 Å². The summed E-state index contributed by atoms with van der Waals surface area (Å²) in [7, 11) is 0. The Hall–Kier alpha value is -13.9. The summed E-state index contributed by atoms with van der Waals surface area (Å²) in [5, 5.41) is 20.1. The van der Waals surface area contributed by atoms with Gasteiger partial charge < -0.3 is 27.4 Å². The van der Waals surface area contributed by atoms with Gasteiger partial charge in [-0.3, -0.25) is 0 Å². The molecule has 6 aromatic heterocycles. The molecule has 0 spiro atoms. The van der Waals surface area contributed by atoms with Gasteiger partial charge in [0.2, 0.25) is 0 Å². The van der Waals surface area contributed by atoms with Crippen molar-refractivity contribution in [2.45, 2.75) is 0 Å². The van der Waals surface area contributed by atoms with Crippen molar-refractivity contribution in [2.75, 3.05) is 0 Å². The second-order valence-electron chi connectivity index (χ2n) is 27.4. The second-order valence-corrected chi connectivity index (χ2v) is 27.4. The fraction of sp³-hybridized carbons (Fsp3) is 0. The summed E-state index contributed by atoms with van der Waals surface area (Å²) in [6.45, 7) is 0. The van der Waals surface area contributed by atoms with Crippen LogP contribution in [0.1, 0.15) is 0 Å². The van der Waals surface area contributed by atoms with Gasteiger partial charge in [-0.1, -0.05) is 255 Å². The maximum absolute atomic E-state index is 2.52. The summed E-state index contributed by atoms with van der Waals surface area (Å²) < 4.78 is 14.7. The van der Waals surface area contributed by atoms with E-state index in [1.54, 1.807) is 0 Å². The number of aromatic nitrogens is 6. The molecule has 6 heteroatoms. The van der Waals surface area contributed by atoms with Crippen LogP contribution in [0, 0.1) is 0 Å². The van der Waals surface area contributed by atoms with Gasteiger partial charge in [0.1, 0.15) is 0 Å². The molecular weight excluding hydrogens is 1260 g/mol. The molecule has 6 nitrogen and oxygen atoms in total. The summed E-state index contributed by atoms with van der Waals surface area (Å²) in [6.07, 6.45) is 0. The van der Waals surface area contributed by atoms with Crippen molar-refractivity contribution in [2.24, 2.45) is 0 Å². The van der Waals surface area contributed by atoms with Gasteiger partial charge in [0, 0.05) is 98.2 Å². The highest BCUT2D eigenvalue weighted by molar-refractivity contribution is 6.28. The van der Waals surface area contributed by atoms with E-state index in [0.717, 1.165) is 22.7 Å². The van der Waals surface area contributed by atoms with Gasteiger partial charge in [0.15, 0.2) is 0 Å². The molecule has 0 unspecified atom stereocenters. The van der Waals surface area contributed by atoms with Crippen molar-refractivity contribution in [1.82, 2.24) is 27.4 Å². The van der Waals surface area contributed by atoms with Crippen molar-refractivity contribution in [3.05, 3.63) is 376 Å². The van der Waals surface area contributed by atoms with E-state index >= 15 is 0 Å². The van der Waals surface area contributed by atoms with Gasteiger partial charge in [-0.05, 0) is 143 Å². The third-order valence-electron chi connectivity index (χ3n) is 22.1. The Bertz CT molecular complexity index is 7340. The zero-order valence-corrected chi connectivity index (χ0v) is 56.5. The molecule has 17 aromatic carbocycles. The first-order valence-electron chi connectivity index (χ1n) is 35.8. The predicted octanol–water partition coefficient (Wildman–Crippen LogP) is 25.9. The van der Waals surface area contributed by atoms with E-state index in [9.17, 15) is 0 Å². The molecule has 6 heterocycles. The number of hydrogen-bond donors (Lipinski definition) is 0. The van der Waals surface area contributed by atoms with Crippen LogP contribution in [-0.2, 0) is 0 Å². The molecule has 0 bridgehead atoms. The second kappa shape index (κ2) is 22.8. The molecule has 0 saturated heterocycles. The highest BCUT2D eigenvalue weighted by Gasteiger charge is 2.25. The summed E-state index contributed by atoms with van der Waals surface area (Å²) in [5.41, 5.74) is 24.0. The summed E-state index contributed by atoms with van der Waals surface area (Å²) >= 11 is 0. The quantitative estimate of drug-likeness (QED) is 0.152. The van der Waals surface area contributed by atoms with E-state index in [1.165, 1.54) is 175 Å². The smallest absolute Gasteiger partial charge is 0.0641 e. The van der Waals surface area contributed by atoms with Crippen LogP contribution in [0.3, 0.4) is 0 Å². The average Bonchev–Trinajstić information content (AvgIpc) is 1.54. The highest BCUT2D eigenvalue weighted by atomic mass is 15.0. The molecule has 0 radical (unpaired) electrons. The van der Waals surface area contributed by atoms with Gasteiger partial charge in [0.05, 0.1) is 77.6 Å². The number of nitrogens with zero attached hydrogens (tertiary/aromatic N) is 6. The molecular formula is C98H62N6. The van der Waals surface area contributed by atoms with Crippen LogP contribution in [-0.4, -0.2) is 27.4 Å². The van der Waals surface area contributed by atoms with Gasteiger partial charge in [0.25, 0.3) is 0 Å². The number of fused-ring (bicyclic) bond motifs is 22. The standard InChI is InChI=1S/C52H33N3.C46H29N3/c1-2-14-34(15-3-1)37-30-32-49(39-17-5-4-16-38(37)39)55-47-24-12-8-20-42(47)43-31-33-50-51(52(43)55)44-21-9-13-25-48(44)54(50)36-28-26-35(27-29-36)53-45-22-10-6-18-40(45)41-19-7-11-23-46(41)53;1-2-14-33-30(12-1)13-11-23-39(33)49-42-21-9-5-17-36(42)37-28-29-44-45(46(37)49)38-18-6-10-22-43(38)48(44)32-26-24-31(25-27-32)47-40-19-7-3-15-34(40)35-16-4-8-20-41(35)47/h1-33H;1-29H. The SMILES string of the molecule is c1ccc(-c2ccc(-n3c4ccccc4c4ccc5c(c6ccccc6n5-c5ccc(-n6c7ccccc7c7ccccc76)cc5)c43)c3ccccc23)cc1.c1ccc2c(-n3c4ccccc4c4ccc5c(c6ccccc6n5-c5ccc(-n6c7ccccc7c7ccccc76)cc5)c43)cccc2c1. The Morgan fingerprint density at radius 3 is 0.846 bits per heavy atom. The van der Waals surface area contributed by atoms with Gasteiger partial charge in [-0.2, -0.15) is 0 Å². The minimum Gasteiger partial charge on any atom is -0.309 e. The van der Waals surface area contributed by atoms with Crippen molar-refractivity contribution in [3.63, 3.8) is 0 Å². The van der Waals surface area contributed by atoms with E-state index in [4.69, 9.17) is 0 Å². The Morgan fingerprint density at radius 2 is 0.433 bits per heavy atom. The van der Waals surface area contributed by atoms with Crippen molar-refractivity contribution in [3.8, 4) is 45.3 Å². The first-order chi connectivity index (χ1) is 51.7. The number of benzene rings is 17. The summed E-state index contributed by atoms with van der Waals surface area (Å²) in [4.78, 5) is 0. The fourth-order valence-corrected chi connectivity index (χ4v) is 17.7. The first-order valence-corrected chi connectivity index (χ1v) is 35.8. The van der Waals surface area contributed by atoms with E-state index in [1.807, 2.05) is 0 Å². The number of hydrogen-bond acceptors (Lipinski definition) is 0. The lowest BCUT2D eigenvalue weighted by Crippen LogP contribution is -1.98. The number of rotatable bonds is 7. The van der Waals surface area contributed by atoms with Crippen molar-refractivity contribution in [1.29, 1.82) is 0 Å². The van der Waals surface area contributed by atoms with Crippen LogP contribution < -0.4 is 0 Å². The minimum atomic E-state index is 1.13. The maximum Gasteiger partial charge on any atom is 0.0641 e. The Morgan fingerprint density at radius 1 is 0.144 bits per heavy atom. The molecule has 0 amide bonds. The Kier molecular flexibility index (Phi) is 12.7. The molecule has 0 aliphatic heterocycles. The molecule has 23 rings (SSSR count). The third-order valence-corrected chi connectivity index (χ3v) is 22.1. The molecule has 0 aliphatic rings. The lowest BCUT2D eigenvalue weighted by molar-refractivity contribution is 1.14. The Labute approximate surface area is 597 Å². The topological polar surface area (TPSA) is 29.6 Å². The van der Waals surface area contributed by atoms with Crippen molar-refractivity contribution >= 4 is 152 Å². The zero-order valence-electron chi connectivity index (χ0n) is 56.5. The number of para-hydroxylation sites is 8. The first kappa shape index (κ1) is 57.9. The zero-order chi connectivity index (χ0) is 68.1. The molecule has 23 aromatic rings. The predicted molar refractivity (Wildman–Crippen MR) is 439 cm³/mol. The van der Waals surface area contributed by atoms with E-state index in [2.05, 4.69) is 404 Å². The maximum atomic E-state index is 2.52. The van der Waals surface area contributed by atoms with Gasteiger partial charge in [-0.15, -0.1) is 0 Å². The lowest BCUT2D eigenvalue weighted by Gasteiger charge is -2.15. The molecule has 0 saturated carbocycles. The Balaban J connectivity index is 0.000000132. The largest absolute Gasteiger partial charge is 0.309 e. The minimum absolute atomic E-state index is 1.13. The molecule has 0 fully saturated rings. The fourth-order valence-electron chi connectivity index (χ4n) is 17.7. The molecule has 0 atom stereocenters. The molecule has 104 heavy (non-hydrogen) atoms. The van der Waals surface area contributed by atoms with Crippen LogP contribution in [0.5, 0.6) is 0 Å². The highest BCUT2D eigenvalue weighted by Crippen LogP contribution is 2.47. The molecule has 484 valence electrons. The summed E-state index contributed by atoms with van der Waals surface area (Å²) in [5.74, 6) is 0. The molecule has 0 N–H and O–H groups in total. The van der Waals surface area contributed by atoms with Crippen LogP contribution in [0.2, 0.25) is 0 Å². The van der Waals surface area contributed by atoms with Crippen LogP contribution in [0.15, 0.2) is 376 Å². The van der Waals surface area contributed by atoms with E-state index in [-0.39, 0.29) is 0 Å². The van der Waals surface area contributed by atoms with Crippen LogP contribution in [0.25, 0.3) is 198 Å². The van der Waals surface area contributed by atoms with Gasteiger partial charge in [-0.25, -0.2) is 0 Å². The monoisotopic (exact) mass is 1320 g/mol. The lowest BCUT2D eigenvalue weighted by atomic mass is 9.97. The van der Waals surface area contributed by atoms with Gasteiger partial charge >= 0.3 is 0 Å². The summed E-state index contributed by atoms with van der Waals surface area (Å²) in [6, 6.07) is 137. The normalized spacial score (nSPS) is 12.0. The van der Waals surface area contributed by atoms with Crippen LogP contribution >= 0.6 is 0 Å². The average molecular weight is 1320 g/mol. The van der Waals surface area contributed by atoms with E-state index < -0.39 is 0 Å².